The molecule has 186 valence electrons. The number of ketones is 1. The zero-order valence-electron chi connectivity index (χ0n) is 19.7. The predicted molar refractivity (Wildman–Crippen MR) is 133 cm³/mol. The van der Waals surface area contributed by atoms with E-state index in [1.165, 1.54) is 24.3 Å². The smallest absolute Gasteiger partial charge is 0.376 e. The van der Waals surface area contributed by atoms with Crippen molar-refractivity contribution in [2.24, 2.45) is 15.6 Å². The van der Waals surface area contributed by atoms with E-state index in [2.05, 4.69) is 10.2 Å². The number of hydrogen-bond donors (Lipinski definition) is 0. The van der Waals surface area contributed by atoms with E-state index in [0.29, 0.717) is 16.8 Å². The van der Waals surface area contributed by atoms with Crippen LogP contribution < -0.4 is 5.12 Å². The van der Waals surface area contributed by atoms with Crippen LogP contribution in [0.4, 0.5) is 11.4 Å². The van der Waals surface area contributed by atoms with Gasteiger partial charge in [-0.2, -0.15) is 15.3 Å². The third-order valence-corrected chi connectivity index (χ3v) is 5.69. The molecule has 0 spiro atoms. The van der Waals surface area contributed by atoms with Gasteiger partial charge in [-0.15, -0.1) is 0 Å². The number of ether oxygens (including phenoxy) is 2. The minimum atomic E-state index is -2.41. The Balaban J connectivity index is 2.08. The fourth-order valence-corrected chi connectivity index (χ4v) is 3.94. The summed E-state index contributed by atoms with van der Waals surface area (Å²) in [6.07, 6.45) is 0. The molecule has 1 heterocycles. The van der Waals surface area contributed by atoms with Crippen molar-refractivity contribution >= 4 is 40.5 Å². The minimum Gasteiger partial charge on any atom is -0.468 e. The van der Waals surface area contributed by atoms with E-state index in [9.17, 15) is 24.5 Å². The number of nitro groups is 1. The lowest BCUT2D eigenvalue weighted by molar-refractivity contribution is -0.384. The molecule has 0 bridgehead atoms. The fourth-order valence-electron chi connectivity index (χ4n) is 3.94. The van der Waals surface area contributed by atoms with E-state index in [1.807, 2.05) is 0 Å². The zero-order chi connectivity index (χ0) is 26.6. The number of anilines is 1. The van der Waals surface area contributed by atoms with Crippen LogP contribution in [0.3, 0.4) is 0 Å². The molecule has 0 aliphatic carbocycles. The SMILES string of the molecule is COC(=O)C(=O)C1(C(=O)OC)C(c2ccccc2)=NN(c2ccc([N+](=O)[O-])cc2)N=C1c1ccccc1. The van der Waals surface area contributed by atoms with Gasteiger partial charge in [0.25, 0.3) is 11.5 Å². The van der Waals surface area contributed by atoms with E-state index < -0.39 is 28.1 Å². The summed E-state index contributed by atoms with van der Waals surface area (Å²) in [7, 11) is 2.11. The second-order valence-corrected chi connectivity index (χ2v) is 7.75. The summed E-state index contributed by atoms with van der Waals surface area (Å²) in [5, 5.41) is 21.3. The minimum absolute atomic E-state index is 0.137. The predicted octanol–water partition coefficient (Wildman–Crippen LogP) is 3.12. The van der Waals surface area contributed by atoms with Gasteiger partial charge in [-0.1, -0.05) is 60.7 Å². The monoisotopic (exact) mass is 500 g/mol. The molecule has 11 heteroatoms. The van der Waals surface area contributed by atoms with Gasteiger partial charge in [0, 0.05) is 12.1 Å². The average molecular weight is 500 g/mol. The fraction of sp³-hybridized carbons (Fsp3) is 0.115. The highest BCUT2D eigenvalue weighted by atomic mass is 16.6. The second-order valence-electron chi connectivity index (χ2n) is 7.75. The van der Waals surface area contributed by atoms with Gasteiger partial charge in [0.2, 0.25) is 5.41 Å². The number of hydrazone groups is 2. The lowest BCUT2D eigenvalue weighted by Gasteiger charge is -2.36. The van der Waals surface area contributed by atoms with Crippen molar-refractivity contribution in [2.45, 2.75) is 0 Å². The number of carbonyl (C=O) groups excluding carboxylic acids is 3. The summed E-state index contributed by atoms with van der Waals surface area (Å²) in [5.41, 5.74) is -1.87. The molecular weight excluding hydrogens is 480 g/mol. The maximum atomic E-state index is 13.8. The van der Waals surface area contributed by atoms with Gasteiger partial charge in [-0.05, 0) is 23.3 Å². The molecule has 0 unspecified atom stereocenters. The Morgan fingerprint density at radius 1 is 0.784 bits per heavy atom. The molecule has 0 radical (unpaired) electrons. The highest BCUT2D eigenvalue weighted by molar-refractivity contribution is 6.57. The highest BCUT2D eigenvalue weighted by Crippen LogP contribution is 2.38. The first kappa shape index (κ1) is 24.9. The van der Waals surface area contributed by atoms with Crippen molar-refractivity contribution in [3.8, 4) is 0 Å². The maximum Gasteiger partial charge on any atom is 0.376 e. The van der Waals surface area contributed by atoms with Crippen LogP contribution in [0.5, 0.6) is 0 Å². The van der Waals surface area contributed by atoms with Gasteiger partial charge >= 0.3 is 11.9 Å². The molecule has 37 heavy (non-hydrogen) atoms. The molecule has 0 amide bonds. The van der Waals surface area contributed by atoms with Crippen molar-refractivity contribution in [3.63, 3.8) is 0 Å². The quantitative estimate of drug-likeness (QED) is 0.158. The molecule has 1 aliphatic rings. The molecule has 0 saturated heterocycles. The van der Waals surface area contributed by atoms with Crippen molar-refractivity contribution in [1.29, 1.82) is 0 Å². The van der Waals surface area contributed by atoms with Crippen LogP contribution >= 0.6 is 0 Å². The Labute approximate surface area is 210 Å². The second kappa shape index (κ2) is 10.2. The number of rotatable bonds is 7. The van der Waals surface area contributed by atoms with E-state index in [-0.39, 0.29) is 17.1 Å². The molecule has 3 aromatic rings. The van der Waals surface area contributed by atoms with Crippen LogP contribution in [-0.4, -0.2) is 48.3 Å². The summed E-state index contributed by atoms with van der Waals surface area (Å²) in [6.45, 7) is 0. The molecule has 0 N–H and O–H groups in total. The Morgan fingerprint density at radius 3 is 1.68 bits per heavy atom. The van der Waals surface area contributed by atoms with Crippen LogP contribution in [0, 0.1) is 15.5 Å². The van der Waals surface area contributed by atoms with Crippen LogP contribution in [0.1, 0.15) is 11.1 Å². The molecule has 1 aliphatic heterocycles. The van der Waals surface area contributed by atoms with Crippen LogP contribution in [-0.2, 0) is 23.9 Å². The number of nitro benzene ring substituents is 1. The summed E-state index contributed by atoms with van der Waals surface area (Å²) < 4.78 is 9.79. The molecule has 0 fully saturated rings. The number of carbonyl (C=O) groups is 3. The summed E-state index contributed by atoms with van der Waals surface area (Å²) >= 11 is 0. The molecule has 0 atom stereocenters. The van der Waals surface area contributed by atoms with Gasteiger partial charge in [0.05, 0.1) is 24.8 Å². The molecule has 0 saturated carbocycles. The van der Waals surface area contributed by atoms with E-state index in [4.69, 9.17) is 9.47 Å². The van der Waals surface area contributed by atoms with Crippen LogP contribution in [0.25, 0.3) is 0 Å². The number of hydrogen-bond acceptors (Lipinski definition) is 10. The van der Waals surface area contributed by atoms with Crippen molar-refractivity contribution in [2.75, 3.05) is 19.3 Å². The first-order valence-electron chi connectivity index (χ1n) is 10.9. The number of benzene rings is 3. The maximum absolute atomic E-state index is 13.8. The summed E-state index contributed by atoms with van der Waals surface area (Å²) in [4.78, 5) is 50.6. The average Bonchev–Trinajstić information content (AvgIpc) is 2.96. The third-order valence-electron chi connectivity index (χ3n) is 5.69. The third kappa shape index (κ3) is 4.33. The molecule has 0 aromatic heterocycles. The number of non-ortho nitro benzene ring substituents is 1. The first-order chi connectivity index (χ1) is 17.8. The number of Topliss-reactive ketones (excluding diaryl/α,β-unsaturated/α-hetero) is 1. The standard InChI is InChI=1S/C26H20N4O7/c1-36-24(32)23(31)26(25(33)37-2)21(17-9-5-3-6-10-17)27-29(19-13-15-20(16-14-19)30(34)35)28-22(26)18-11-7-4-8-12-18/h3-16H,1-2H3. The number of nitrogens with zero attached hydrogens (tertiary/aromatic N) is 4. The lowest BCUT2D eigenvalue weighted by Crippen LogP contribution is -2.58. The Bertz CT molecular complexity index is 1360. The Kier molecular flexibility index (Phi) is 6.87. The van der Waals surface area contributed by atoms with E-state index >= 15 is 0 Å². The molecule has 4 rings (SSSR count). The van der Waals surface area contributed by atoms with Gasteiger partial charge in [-0.3, -0.25) is 19.7 Å². The zero-order valence-corrected chi connectivity index (χ0v) is 19.7. The van der Waals surface area contributed by atoms with Gasteiger partial charge in [-0.25, -0.2) is 4.79 Å². The van der Waals surface area contributed by atoms with Crippen LogP contribution in [0.15, 0.2) is 95.1 Å². The molecular formula is C26H20N4O7. The lowest BCUT2D eigenvalue weighted by atomic mass is 9.69. The first-order valence-corrected chi connectivity index (χ1v) is 10.9. The number of methoxy groups -OCH3 is 2. The summed E-state index contributed by atoms with van der Waals surface area (Å²) in [6, 6.07) is 22.0. The van der Waals surface area contributed by atoms with Gasteiger partial charge in [0.1, 0.15) is 11.4 Å². The Morgan fingerprint density at radius 2 is 1.27 bits per heavy atom. The highest BCUT2D eigenvalue weighted by Gasteiger charge is 2.61. The van der Waals surface area contributed by atoms with Crippen molar-refractivity contribution in [3.05, 3.63) is 106 Å². The van der Waals surface area contributed by atoms with Gasteiger partial charge in [0.15, 0.2) is 0 Å². The Hall–Kier alpha value is -5.19. The van der Waals surface area contributed by atoms with Crippen molar-refractivity contribution < 1.29 is 28.8 Å². The normalized spacial score (nSPS) is 14.2. The molecule has 11 nitrogen and oxygen atoms in total. The largest absolute Gasteiger partial charge is 0.468 e. The van der Waals surface area contributed by atoms with E-state index in [0.717, 1.165) is 19.3 Å². The summed E-state index contributed by atoms with van der Waals surface area (Å²) in [5.74, 6) is -3.62. The van der Waals surface area contributed by atoms with Crippen molar-refractivity contribution in [1.82, 2.24) is 0 Å². The topological polar surface area (TPSA) is 141 Å². The molecule has 3 aromatic carbocycles. The van der Waals surface area contributed by atoms with E-state index in [1.54, 1.807) is 60.7 Å². The van der Waals surface area contributed by atoms with Crippen LogP contribution in [0.2, 0.25) is 0 Å². The number of esters is 2. The van der Waals surface area contributed by atoms with Gasteiger partial charge < -0.3 is 9.47 Å².